The summed E-state index contributed by atoms with van der Waals surface area (Å²) >= 11 is 0.934. The number of nitrogens with one attached hydrogen (secondary N) is 1. The average molecular weight is 380 g/mol. The summed E-state index contributed by atoms with van der Waals surface area (Å²) in [5, 5.41) is 6.93. The van der Waals surface area contributed by atoms with Crippen LogP contribution in [0.4, 0.5) is 4.39 Å². The third-order valence-corrected chi connectivity index (χ3v) is 5.78. The van der Waals surface area contributed by atoms with Crippen molar-refractivity contribution in [2.45, 2.75) is 16.3 Å². The van der Waals surface area contributed by atoms with Gasteiger partial charge in [0.1, 0.15) is 17.2 Å². The van der Waals surface area contributed by atoms with E-state index in [0.717, 1.165) is 41.9 Å². The molecule has 1 aromatic carbocycles. The minimum Gasteiger partial charge on any atom is -0.290 e. The number of carbonyl (C=O) groups is 2. The summed E-state index contributed by atoms with van der Waals surface area (Å²) in [4.78, 5) is 31.1. The van der Waals surface area contributed by atoms with Crippen LogP contribution in [0, 0.1) is 5.82 Å². The first-order valence-electron chi connectivity index (χ1n) is 6.76. The van der Waals surface area contributed by atoms with E-state index >= 15 is 0 Å². The average Bonchev–Trinajstić information content (AvgIpc) is 3.26. The van der Waals surface area contributed by atoms with Gasteiger partial charge in [-0.15, -0.1) is 11.3 Å². The highest BCUT2D eigenvalue weighted by atomic mass is 32.2. The minimum absolute atomic E-state index is 0.116. The number of carbonyl (C=O) groups excluding carboxylic acids is 2. The number of H-pyrrole nitrogens is 1. The van der Waals surface area contributed by atoms with E-state index in [4.69, 9.17) is 0 Å². The highest BCUT2D eigenvalue weighted by Gasteiger charge is 2.24. The van der Waals surface area contributed by atoms with Crippen molar-refractivity contribution in [1.29, 1.82) is 0 Å². The van der Waals surface area contributed by atoms with Crippen molar-refractivity contribution in [1.82, 2.24) is 20.2 Å². The van der Waals surface area contributed by atoms with E-state index in [-0.39, 0.29) is 27.2 Å². The fourth-order valence-corrected chi connectivity index (χ4v) is 4.23. The molecule has 2 aromatic heterocycles. The van der Waals surface area contributed by atoms with Crippen molar-refractivity contribution in [3.8, 4) is 0 Å². The molecule has 0 aliphatic heterocycles. The molecule has 25 heavy (non-hydrogen) atoms. The van der Waals surface area contributed by atoms with Crippen LogP contribution in [-0.4, -0.2) is 40.1 Å². The molecule has 3 rings (SSSR count). The van der Waals surface area contributed by atoms with E-state index in [1.165, 1.54) is 5.38 Å². The highest BCUT2D eigenvalue weighted by molar-refractivity contribution is 7.91. The third-order valence-electron chi connectivity index (χ3n) is 3.13. The number of hydrogen-bond donors (Lipinski definition) is 1. The molecule has 0 spiro atoms. The van der Waals surface area contributed by atoms with Crippen LogP contribution in [0.1, 0.15) is 15.6 Å². The van der Waals surface area contributed by atoms with Crippen LogP contribution in [0.5, 0.6) is 0 Å². The van der Waals surface area contributed by atoms with Crippen LogP contribution in [0.25, 0.3) is 0 Å². The zero-order chi connectivity index (χ0) is 18.0. The number of aromatic amines is 1. The van der Waals surface area contributed by atoms with Gasteiger partial charge in [-0.25, -0.2) is 22.8 Å². The maximum Gasteiger partial charge on any atom is 0.265 e. The van der Waals surface area contributed by atoms with Gasteiger partial charge in [-0.3, -0.25) is 14.7 Å². The predicted molar refractivity (Wildman–Crippen MR) is 83.4 cm³/mol. The van der Waals surface area contributed by atoms with E-state index in [9.17, 15) is 22.4 Å². The molecular weight excluding hydrogens is 371 g/mol. The van der Waals surface area contributed by atoms with E-state index in [1.807, 2.05) is 0 Å². The summed E-state index contributed by atoms with van der Waals surface area (Å²) in [5.41, 5.74) is 0. The smallest absolute Gasteiger partial charge is 0.265 e. The fourth-order valence-electron chi connectivity index (χ4n) is 1.90. The van der Waals surface area contributed by atoms with E-state index < -0.39 is 27.2 Å². The number of thiazole rings is 1. The molecule has 0 radical (unpaired) electrons. The molecule has 0 fully saturated rings. The second-order valence-corrected chi connectivity index (χ2v) is 7.64. The summed E-state index contributed by atoms with van der Waals surface area (Å²) in [6, 6.07) is 4.31. The second-order valence-electron chi connectivity index (χ2n) is 4.80. The van der Waals surface area contributed by atoms with Crippen LogP contribution in [0.2, 0.25) is 0 Å². The Morgan fingerprint density at radius 2 is 1.92 bits per heavy atom. The number of aromatic nitrogens is 4. The van der Waals surface area contributed by atoms with Crippen molar-refractivity contribution in [2.75, 3.05) is 0 Å². The number of rotatable bonds is 6. The Labute approximate surface area is 144 Å². The van der Waals surface area contributed by atoms with Gasteiger partial charge in [-0.1, -0.05) is 0 Å². The van der Waals surface area contributed by atoms with Crippen LogP contribution in [-0.2, 0) is 21.1 Å². The van der Waals surface area contributed by atoms with Crippen molar-refractivity contribution in [2.24, 2.45) is 0 Å². The monoisotopic (exact) mass is 380 g/mol. The molecule has 0 bridgehead atoms. The Hall–Kier alpha value is -2.79. The lowest BCUT2D eigenvalue weighted by Gasteiger charge is -2.00. The Balaban J connectivity index is 1.79. The molecule has 1 N–H and O–H groups in total. The number of sulfone groups is 1. The highest BCUT2D eigenvalue weighted by Crippen LogP contribution is 2.23. The quantitative estimate of drug-likeness (QED) is 0.387. The largest absolute Gasteiger partial charge is 0.290 e. The van der Waals surface area contributed by atoms with Crippen molar-refractivity contribution >= 4 is 32.7 Å². The van der Waals surface area contributed by atoms with Crippen molar-refractivity contribution < 1.29 is 22.4 Å². The molecule has 0 saturated carbocycles. The molecule has 0 aliphatic rings. The molecule has 3 aromatic rings. The lowest BCUT2D eigenvalue weighted by molar-refractivity contribution is -0.114. The Morgan fingerprint density at radius 3 is 2.56 bits per heavy atom. The zero-order valence-corrected chi connectivity index (χ0v) is 14.0. The molecule has 8 nitrogen and oxygen atoms in total. The van der Waals surface area contributed by atoms with E-state index in [2.05, 4.69) is 20.2 Å². The summed E-state index contributed by atoms with van der Waals surface area (Å²) in [6.45, 7) is 0. The molecule has 0 aliphatic carbocycles. The van der Waals surface area contributed by atoms with Crippen LogP contribution in [0.15, 0.2) is 45.9 Å². The van der Waals surface area contributed by atoms with Gasteiger partial charge >= 0.3 is 0 Å². The first kappa shape index (κ1) is 17.0. The van der Waals surface area contributed by atoms with Gasteiger partial charge in [0.25, 0.3) is 5.78 Å². The maximum absolute atomic E-state index is 12.9. The summed E-state index contributed by atoms with van der Waals surface area (Å²) in [6.07, 6.45) is 0.737. The van der Waals surface area contributed by atoms with Gasteiger partial charge in [0.2, 0.25) is 15.6 Å². The van der Waals surface area contributed by atoms with Crippen LogP contribution >= 0.6 is 11.3 Å². The van der Waals surface area contributed by atoms with Crippen molar-refractivity contribution in [3.05, 3.63) is 52.6 Å². The summed E-state index contributed by atoms with van der Waals surface area (Å²) < 4.78 is 37.8. The first-order chi connectivity index (χ1) is 11.9. The van der Waals surface area contributed by atoms with E-state index in [0.29, 0.717) is 0 Å². The number of nitrogens with zero attached hydrogens (tertiary/aromatic N) is 3. The molecule has 11 heteroatoms. The van der Waals surface area contributed by atoms with Gasteiger partial charge in [0.05, 0.1) is 11.3 Å². The first-order valence-corrected chi connectivity index (χ1v) is 9.12. The number of benzene rings is 1. The van der Waals surface area contributed by atoms with Gasteiger partial charge in [0.15, 0.2) is 10.9 Å². The Bertz CT molecular complexity index is 1030. The van der Waals surface area contributed by atoms with Gasteiger partial charge in [0, 0.05) is 5.38 Å². The predicted octanol–water partition coefficient (Wildman–Crippen LogP) is 1.23. The molecular formula is C14H9FN4O4S2. The number of Topliss-reactive ketones (excluding diaryl/α,β-unsaturated/α-hetero) is 2. The summed E-state index contributed by atoms with van der Waals surface area (Å²) in [7, 11) is -3.93. The summed E-state index contributed by atoms with van der Waals surface area (Å²) in [5.74, 6) is -2.41. The molecule has 128 valence electrons. The number of hydrogen-bond acceptors (Lipinski definition) is 8. The Morgan fingerprint density at radius 1 is 1.20 bits per heavy atom. The topological polar surface area (TPSA) is 123 Å². The zero-order valence-electron chi connectivity index (χ0n) is 12.3. The van der Waals surface area contributed by atoms with Gasteiger partial charge in [-0.05, 0) is 24.3 Å². The Kier molecular flexibility index (Phi) is 4.51. The SMILES string of the molecule is O=C(Cc1nc(S(=O)(=O)c2ccc(F)cc2)cs1)C(=O)c1ncn[nH]1. The van der Waals surface area contributed by atoms with Crippen LogP contribution < -0.4 is 0 Å². The number of ketones is 2. The molecule has 0 amide bonds. The van der Waals surface area contributed by atoms with Crippen molar-refractivity contribution in [3.63, 3.8) is 0 Å². The molecule has 0 unspecified atom stereocenters. The molecule has 2 heterocycles. The van der Waals surface area contributed by atoms with E-state index in [1.54, 1.807) is 0 Å². The standard InChI is InChI=1S/C14H9FN4O4S2/c15-8-1-3-9(4-2-8)25(22,23)12-6-24-11(18-12)5-10(20)13(21)14-16-7-17-19-14/h1-4,6-7H,5H2,(H,16,17,19). The maximum atomic E-state index is 12.9. The third kappa shape index (κ3) is 3.51. The van der Waals surface area contributed by atoms with Gasteiger partial charge < -0.3 is 0 Å². The van der Waals surface area contributed by atoms with Gasteiger partial charge in [-0.2, -0.15) is 5.10 Å². The lowest BCUT2D eigenvalue weighted by atomic mass is 10.2. The van der Waals surface area contributed by atoms with Crippen LogP contribution in [0.3, 0.4) is 0 Å². The minimum atomic E-state index is -3.93. The lowest BCUT2D eigenvalue weighted by Crippen LogP contribution is -2.18. The molecule has 0 saturated heterocycles. The number of halogens is 1. The molecule has 0 atom stereocenters. The fraction of sp³-hybridized carbons (Fsp3) is 0.0714. The normalized spacial score (nSPS) is 11.4. The second kappa shape index (κ2) is 6.61.